The van der Waals surface area contributed by atoms with Crippen molar-refractivity contribution in [1.29, 1.82) is 0 Å². The van der Waals surface area contributed by atoms with Crippen LogP contribution in [0.2, 0.25) is 0 Å². The van der Waals surface area contributed by atoms with Crippen LogP contribution in [0.3, 0.4) is 0 Å². The van der Waals surface area contributed by atoms with Gasteiger partial charge < -0.3 is 5.73 Å². The van der Waals surface area contributed by atoms with Crippen LogP contribution < -0.4 is 5.73 Å². The summed E-state index contributed by atoms with van der Waals surface area (Å²) in [6.07, 6.45) is 3.37. The third-order valence-corrected chi connectivity index (χ3v) is 5.64. The van der Waals surface area contributed by atoms with E-state index in [1.807, 2.05) is 19.1 Å². The van der Waals surface area contributed by atoms with Gasteiger partial charge in [0.25, 0.3) is 0 Å². The standard InChI is InChI=1S/C12H16BrNO2S/c1-8(14)12(5-6-12)9-3-4-11(10(13)7-9)17(2,15)16/h3-4,7-8H,5-6,14H2,1-2H3. The normalized spacial score (nSPS) is 20.0. The van der Waals surface area contributed by atoms with Crippen molar-refractivity contribution in [3.05, 3.63) is 28.2 Å². The molecule has 1 saturated carbocycles. The lowest BCUT2D eigenvalue weighted by molar-refractivity contribution is 0.555. The number of rotatable bonds is 3. The maximum absolute atomic E-state index is 11.5. The molecule has 1 aromatic carbocycles. The zero-order valence-corrected chi connectivity index (χ0v) is 12.3. The van der Waals surface area contributed by atoms with Gasteiger partial charge >= 0.3 is 0 Å². The summed E-state index contributed by atoms with van der Waals surface area (Å²) in [6, 6.07) is 5.54. The highest BCUT2D eigenvalue weighted by Crippen LogP contribution is 2.51. The van der Waals surface area contributed by atoms with E-state index >= 15 is 0 Å². The molecule has 1 atom stereocenters. The Morgan fingerprint density at radius 3 is 2.35 bits per heavy atom. The van der Waals surface area contributed by atoms with Gasteiger partial charge in [0.05, 0.1) is 4.90 Å². The largest absolute Gasteiger partial charge is 0.327 e. The molecule has 1 aliphatic carbocycles. The van der Waals surface area contributed by atoms with E-state index < -0.39 is 9.84 Å². The van der Waals surface area contributed by atoms with Crippen LogP contribution in [-0.4, -0.2) is 20.7 Å². The fourth-order valence-electron chi connectivity index (χ4n) is 2.25. The highest BCUT2D eigenvalue weighted by molar-refractivity contribution is 9.10. The van der Waals surface area contributed by atoms with Crippen molar-refractivity contribution in [2.45, 2.75) is 36.1 Å². The van der Waals surface area contributed by atoms with Gasteiger partial charge in [0, 0.05) is 22.2 Å². The van der Waals surface area contributed by atoms with Gasteiger partial charge in [-0.2, -0.15) is 0 Å². The van der Waals surface area contributed by atoms with Crippen LogP contribution in [0.4, 0.5) is 0 Å². The van der Waals surface area contributed by atoms with Gasteiger partial charge in [-0.1, -0.05) is 6.07 Å². The van der Waals surface area contributed by atoms with Gasteiger partial charge in [0.15, 0.2) is 9.84 Å². The molecule has 0 amide bonds. The zero-order chi connectivity index (χ0) is 12.8. The van der Waals surface area contributed by atoms with Crippen molar-refractivity contribution < 1.29 is 8.42 Å². The first kappa shape index (κ1) is 13.1. The average Bonchev–Trinajstić information content (AvgIpc) is 2.95. The van der Waals surface area contributed by atoms with Crippen LogP contribution in [0.25, 0.3) is 0 Å². The van der Waals surface area contributed by atoms with E-state index in [4.69, 9.17) is 5.73 Å². The SMILES string of the molecule is CC(N)C1(c2ccc(S(C)(=O)=O)c(Br)c2)CC1. The van der Waals surface area contributed by atoms with Crippen molar-refractivity contribution in [2.75, 3.05) is 6.26 Å². The number of nitrogens with two attached hydrogens (primary N) is 1. The molecule has 17 heavy (non-hydrogen) atoms. The van der Waals surface area contributed by atoms with Gasteiger partial charge in [-0.3, -0.25) is 0 Å². The lowest BCUT2D eigenvalue weighted by atomic mass is 9.90. The second-order valence-corrected chi connectivity index (χ2v) is 7.70. The van der Waals surface area contributed by atoms with Crippen molar-refractivity contribution in [1.82, 2.24) is 0 Å². The average molecular weight is 318 g/mol. The molecular formula is C12H16BrNO2S. The molecule has 1 aromatic rings. The molecule has 3 nitrogen and oxygen atoms in total. The number of hydrogen-bond acceptors (Lipinski definition) is 3. The van der Waals surface area contributed by atoms with Crippen LogP contribution in [0, 0.1) is 0 Å². The van der Waals surface area contributed by atoms with Crippen LogP contribution in [-0.2, 0) is 15.3 Å². The van der Waals surface area contributed by atoms with E-state index in [9.17, 15) is 8.42 Å². The maximum Gasteiger partial charge on any atom is 0.176 e. The molecule has 2 rings (SSSR count). The van der Waals surface area contributed by atoms with E-state index in [1.165, 1.54) is 6.26 Å². The molecular weight excluding hydrogens is 302 g/mol. The van der Waals surface area contributed by atoms with Gasteiger partial charge in [-0.05, 0) is 53.4 Å². The van der Waals surface area contributed by atoms with Crippen LogP contribution in [0.1, 0.15) is 25.3 Å². The quantitative estimate of drug-likeness (QED) is 0.930. The topological polar surface area (TPSA) is 60.2 Å². The molecule has 0 spiro atoms. The molecule has 1 unspecified atom stereocenters. The molecule has 2 N–H and O–H groups in total. The summed E-state index contributed by atoms with van der Waals surface area (Å²) in [5.74, 6) is 0. The zero-order valence-electron chi connectivity index (χ0n) is 9.90. The predicted octanol–water partition coefficient (Wildman–Crippen LogP) is 2.23. The second kappa shape index (κ2) is 4.07. The summed E-state index contributed by atoms with van der Waals surface area (Å²) in [5, 5.41) is 0. The van der Waals surface area contributed by atoms with E-state index in [-0.39, 0.29) is 11.5 Å². The number of halogens is 1. The summed E-state index contributed by atoms with van der Waals surface area (Å²) in [6.45, 7) is 2.01. The Morgan fingerprint density at radius 1 is 1.41 bits per heavy atom. The van der Waals surface area contributed by atoms with Gasteiger partial charge in [-0.25, -0.2) is 8.42 Å². The fraction of sp³-hybridized carbons (Fsp3) is 0.500. The Hall–Kier alpha value is -0.390. The Balaban J connectivity index is 2.46. The van der Waals surface area contributed by atoms with E-state index in [0.29, 0.717) is 9.37 Å². The van der Waals surface area contributed by atoms with Crippen LogP contribution in [0.15, 0.2) is 27.6 Å². The van der Waals surface area contributed by atoms with E-state index in [2.05, 4.69) is 15.9 Å². The molecule has 0 heterocycles. The minimum atomic E-state index is -3.17. The van der Waals surface area contributed by atoms with Gasteiger partial charge in [0.2, 0.25) is 0 Å². The van der Waals surface area contributed by atoms with Crippen molar-refractivity contribution in [3.63, 3.8) is 0 Å². The minimum Gasteiger partial charge on any atom is -0.327 e. The highest BCUT2D eigenvalue weighted by atomic mass is 79.9. The lowest BCUT2D eigenvalue weighted by Gasteiger charge is -2.20. The first-order chi connectivity index (χ1) is 7.77. The molecule has 0 saturated heterocycles. The third-order valence-electron chi connectivity index (χ3n) is 3.57. The van der Waals surface area contributed by atoms with Crippen LogP contribution >= 0.6 is 15.9 Å². The molecule has 1 fully saturated rings. The predicted molar refractivity (Wildman–Crippen MR) is 71.8 cm³/mol. The van der Waals surface area contributed by atoms with Crippen molar-refractivity contribution >= 4 is 25.8 Å². The summed E-state index contributed by atoms with van der Waals surface area (Å²) in [5.41, 5.74) is 7.19. The highest BCUT2D eigenvalue weighted by Gasteiger charge is 2.47. The van der Waals surface area contributed by atoms with E-state index in [1.54, 1.807) is 6.07 Å². The van der Waals surface area contributed by atoms with Crippen LogP contribution in [0.5, 0.6) is 0 Å². The first-order valence-corrected chi connectivity index (χ1v) is 8.21. The van der Waals surface area contributed by atoms with Gasteiger partial charge in [-0.15, -0.1) is 0 Å². The second-order valence-electron chi connectivity index (χ2n) is 4.86. The lowest BCUT2D eigenvalue weighted by Crippen LogP contribution is -2.31. The number of benzene rings is 1. The summed E-state index contributed by atoms with van der Waals surface area (Å²) in [4.78, 5) is 0.335. The summed E-state index contributed by atoms with van der Waals surface area (Å²) in [7, 11) is -3.17. The molecule has 0 radical (unpaired) electrons. The Labute approximate surface area is 110 Å². The van der Waals surface area contributed by atoms with E-state index in [0.717, 1.165) is 18.4 Å². The van der Waals surface area contributed by atoms with Crippen molar-refractivity contribution in [2.24, 2.45) is 5.73 Å². The Morgan fingerprint density at radius 2 is 2.00 bits per heavy atom. The molecule has 0 bridgehead atoms. The summed E-state index contributed by atoms with van der Waals surface area (Å²) < 4.78 is 23.6. The Bertz CT molecular complexity index is 548. The number of sulfone groups is 1. The minimum absolute atomic E-state index is 0.0541. The first-order valence-electron chi connectivity index (χ1n) is 5.53. The molecule has 1 aliphatic rings. The Kier molecular flexibility index (Phi) is 3.13. The summed E-state index contributed by atoms with van der Waals surface area (Å²) >= 11 is 3.33. The van der Waals surface area contributed by atoms with Gasteiger partial charge in [0.1, 0.15) is 0 Å². The number of hydrogen-bond donors (Lipinski definition) is 1. The molecule has 0 aromatic heterocycles. The molecule has 94 valence electrons. The smallest absolute Gasteiger partial charge is 0.176 e. The fourth-order valence-corrected chi connectivity index (χ4v) is 4.24. The molecule has 0 aliphatic heterocycles. The van der Waals surface area contributed by atoms with Crippen molar-refractivity contribution in [3.8, 4) is 0 Å². The monoisotopic (exact) mass is 317 g/mol. The molecule has 5 heteroatoms. The maximum atomic E-state index is 11.5. The third kappa shape index (κ3) is 2.28.